The first-order valence-corrected chi connectivity index (χ1v) is 5.92. The van der Waals surface area contributed by atoms with Crippen LogP contribution in [0.1, 0.15) is 12.0 Å². The van der Waals surface area contributed by atoms with Gasteiger partial charge in [0.05, 0.1) is 11.7 Å². The molecule has 1 aliphatic carbocycles. The van der Waals surface area contributed by atoms with Crippen molar-refractivity contribution in [2.75, 3.05) is 6.61 Å². The average Bonchev–Trinajstić information content (AvgIpc) is 3.00. The van der Waals surface area contributed by atoms with E-state index in [1.54, 1.807) is 6.20 Å². The predicted octanol–water partition coefficient (Wildman–Crippen LogP) is 1.55. The molecule has 0 amide bonds. The van der Waals surface area contributed by atoms with Crippen molar-refractivity contribution in [3.05, 3.63) is 30.0 Å². The van der Waals surface area contributed by atoms with Crippen molar-refractivity contribution in [3.63, 3.8) is 0 Å². The van der Waals surface area contributed by atoms with Gasteiger partial charge in [-0.1, -0.05) is 11.8 Å². The van der Waals surface area contributed by atoms with Crippen LogP contribution >= 0.6 is 0 Å². The number of aromatic nitrogens is 2. The molecule has 2 N–H and O–H groups in total. The Bertz CT molecular complexity index is 694. The van der Waals surface area contributed by atoms with Gasteiger partial charge in [0.2, 0.25) is 0 Å². The lowest BCUT2D eigenvalue weighted by atomic mass is 10.2. The molecule has 1 fully saturated rings. The van der Waals surface area contributed by atoms with E-state index >= 15 is 0 Å². The minimum Gasteiger partial charge on any atom is -0.396 e. The van der Waals surface area contributed by atoms with E-state index in [0.29, 0.717) is 11.8 Å². The van der Waals surface area contributed by atoms with E-state index in [0.717, 1.165) is 22.9 Å². The van der Waals surface area contributed by atoms with Gasteiger partial charge in [-0.25, -0.2) is 0 Å². The fraction of sp³-hybridized carbons (Fsp3) is 0.267. The van der Waals surface area contributed by atoms with Gasteiger partial charge >= 0.3 is 0 Å². The van der Waals surface area contributed by atoms with E-state index in [2.05, 4.69) is 33.9 Å². The van der Waals surface area contributed by atoms with Gasteiger partial charge in [-0.05, 0) is 42.4 Å². The van der Waals surface area contributed by atoms with E-state index in [-0.39, 0.29) is 6.61 Å². The van der Waals surface area contributed by atoms with Crippen LogP contribution in [0.5, 0.6) is 0 Å². The maximum Gasteiger partial charge on any atom is 0.0651 e. The number of aromatic amines is 1. The highest BCUT2D eigenvalue weighted by atomic mass is 16.3. The maximum atomic E-state index is 8.88. The second-order valence-electron chi connectivity index (χ2n) is 4.48. The molecule has 3 rings (SSSR count). The highest BCUT2D eigenvalue weighted by Crippen LogP contribution is 2.36. The molecule has 3 heteroatoms. The molecule has 88 valence electrons. The predicted molar refractivity (Wildman–Crippen MR) is 69.4 cm³/mol. The average molecular weight is 236 g/mol. The van der Waals surface area contributed by atoms with Crippen LogP contribution in [-0.4, -0.2) is 21.9 Å². The molecule has 1 saturated carbocycles. The van der Waals surface area contributed by atoms with E-state index in [4.69, 9.17) is 5.11 Å². The van der Waals surface area contributed by atoms with Crippen molar-refractivity contribution < 1.29 is 5.11 Å². The number of benzene rings is 1. The first-order valence-electron chi connectivity index (χ1n) is 5.92. The van der Waals surface area contributed by atoms with Gasteiger partial charge in [-0.15, -0.1) is 0 Å². The molecular weight excluding hydrogens is 224 g/mol. The third-order valence-electron chi connectivity index (χ3n) is 3.12. The summed E-state index contributed by atoms with van der Waals surface area (Å²) >= 11 is 0. The summed E-state index contributed by atoms with van der Waals surface area (Å²) in [7, 11) is 0. The van der Waals surface area contributed by atoms with Crippen LogP contribution in [0, 0.1) is 35.5 Å². The van der Waals surface area contributed by atoms with Crippen LogP contribution in [0.2, 0.25) is 0 Å². The van der Waals surface area contributed by atoms with Gasteiger partial charge < -0.3 is 5.11 Å². The lowest BCUT2D eigenvalue weighted by Gasteiger charge is -1.89. The number of hydrogen-bond acceptors (Lipinski definition) is 2. The van der Waals surface area contributed by atoms with Gasteiger partial charge in [0.15, 0.2) is 0 Å². The summed E-state index contributed by atoms with van der Waals surface area (Å²) in [5, 5.41) is 16.8. The molecule has 2 atom stereocenters. The lowest BCUT2D eigenvalue weighted by molar-refractivity contribution is 0.273. The SMILES string of the molecule is OC[C@H]1C[C@@H]1C#CC#Cc1ccc2[nH]ncc2c1. The molecule has 2 aromatic rings. The number of fused-ring (bicyclic) bond motifs is 1. The summed E-state index contributed by atoms with van der Waals surface area (Å²) in [5.74, 6) is 12.5. The molecule has 1 aromatic heterocycles. The Hall–Kier alpha value is -2.23. The van der Waals surface area contributed by atoms with Gasteiger partial charge in [0.25, 0.3) is 0 Å². The minimum atomic E-state index is 0.240. The van der Waals surface area contributed by atoms with Crippen molar-refractivity contribution in [2.45, 2.75) is 6.42 Å². The standard InChI is InChI=1S/C15H12N2O/c18-10-14-8-12(14)4-2-1-3-11-5-6-15-13(7-11)9-16-17-15/h5-7,9,12,14,18H,8,10H2,(H,16,17)/t12-,14+/m0/s1. The molecule has 0 unspecified atom stereocenters. The number of hydrogen-bond donors (Lipinski definition) is 2. The zero-order chi connectivity index (χ0) is 12.4. The zero-order valence-corrected chi connectivity index (χ0v) is 9.77. The minimum absolute atomic E-state index is 0.240. The molecule has 3 nitrogen and oxygen atoms in total. The summed E-state index contributed by atoms with van der Waals surface area (Å²) in [6, 6.07) is 5.90. The van der Waals surface area contributed by atoms with Crippen molar-refractivity contribution in [1.82, 2.24) is 10.2 Å². The van der Waals surface area contributed by atoms with Crippen LogP contribution in [0.3, 0.4) is 0 Å². The maximum absolute atomic E-state index is 8.88. The van der Waals surface area contributed by atoms with Crippen molar-refractivity contribution in [1.29, 1.82) is 0 Å². The summed E-state index contributed by atoms with van der Waals surface area (Å²) in [4.78, 5) is 0. The van der Waals surface area contributed by atoms with Crippen LogP contribution in [0.25, 0.3) is 10.9 Å². The number of aliphatic hydroxyl groups excluding tert-OH is 1. The zero-order valence-electron chi connectivity index (χ0n) is 9.77. The van der Waals surface area contributed by atoms with E-state index in [9.17, 15) is 0 Å². The Morgan fingerprint density at radius 2 is 2.33 bits per heavy atom. The van der Waals surface area contributed by atoms with Crippen LogP contribution in [-0.2, 0) is 0 Å². The van der Waals surface area contributed by atoms with Gasteiger partial charge in [0, 0.05) is 23.5 Å². The number of nitrogens with one attached hydrogen (secondary N) is 1. The van der Waals surface area contributed by atoms with Crippen LogP contribution < -0.4 is 0 Å². The van der Waals surface area contributed by atoms with Crippen molar-refractivity contribution >= 4 is 10.9 Å². The molecular formula is C15H12N2O. The Kier molecular flexibility index (Phi) is 2.76. The molecule has 0 aliphatic heterocycles. The number of nitrogens with zero attached hydrogens (tertiary/aromatic N) is 1. The second-order valence-corrected chi connectivity index (χ2v) is 4.48. The first kappa shape index (κ1) is 10.9. The van der Waals surface area contributed by atoms with Gasteiger partial charge in [0.1, 0.15) is 0 Å². The van der Waals surface area contributed by atoms with Crippen LogP contribution in [0.15, 0.2) is 24.4 Å². The number of aliphatic hydroxyl groups is 1. The molecule has 1 aliphatic rings. The van der Waals surface area contributed by atoms with Crippen molar-refractivity contribution in [2.24, 2.45) is 11.8 Å². The molecule has 1 heterocycles. The molecule has 18 heavy (non-hydrogen) atoms. The van der Waals surface area contributed by atoms with Crippen molar-refractivity contribution in [3.8, 4) is 23.7 Å². The van der Waals surface area contributed by atoms with E-state index in [1.807, 2.05) is 18.2 Å². The summed E-state index contributed by atoms with van der Waals surface area (Å²) < 4.78 is 0. The summed E-state index contributed by atoms with van der Waals surface area (Å²) in [5.41, 5.74) is 1.95. The van der Waals surface area contributed by atoms with Crippen LogP contribution in [0.4, 0.5) is 0 Å². The molecule has 0 radical (unpaired) electrons. The van der Waals surface area contributed by atoms with E-state index in [1.165, 1.54) is 0 Å². The second kappa shape index (κ2) is 4.56. The number of rotatable bonds is 1. The third-order valence-corrected chi connectivity index (χ3v) is 3.12. The third kappa shape index (κ3) is 2.22. The monoisotopic (exact) mass is 236 g/mol. The highest BCUT2D eigenvalue weighted by Gasteiger charge is 2.34. The van der Waals surface area contributed by atoms with Gasteiger partial charge in [-0.3, -0.25) is 5.10 Å². The fourth-order valence-corrected chi connectivity index (χ4v) is 1.88. The molecule has 0 saturated heterocycles. The first-order chi connectivity index (χ1) is 8.86. The van der Waals surface area contributed by atoms with E-state index < -0.39 is 0 Å². The Morgan fingerprint density at radius 3 is 3.17 bits per heavy atom. The topological polar surface area (TPSA) is 48.9 Å². The lowest BCUT2D eigenvalue weighted by Crippen LogP contribution is -1.85. The summed E-state index contributed by atoms with van der Waals surface area (Å²) in [6.07, 6.45) is 2.79. The van der Waals surface area contributed by atoms with Gasteiger partial charge in [-0.2, -0.15) is 5.10 Å². The number of H-pyrrole nitrogens is 1. The largest absolute Gasteiger partial charge is 0.396 e. The Morgan fingerprint density at radius 1 is 1.39 bits per heavy atom. The quantitative estimate of drug-likeness (QED) is 0.738. The normalized spacial score (nSPS) is 20.7. The summed E-state index contributed by atoms with van der Waals surface area (Å²) in [6.45, 7) is 0.240. The highest BCUT2D eigenvalue weighted by molar-refractivity contribution is 5.79. The fourth-order valence-electron chi connectivity index (χ4n) is 1.88. The molecule has 0 bridgehead atoms. The molecule has 0 spiro atoms. The Balaban J connectivity index is 1.72. The Labute approximate surface area is 105 Å². The smallest absolute Gasteiger partial charge is 0.0651 e. The molecule has 1 aromatic carbocycles.